The number of benzene rings is 1. The van der Waals surface area contributed by atoms with Crippen LogP contribution in [0, 0.1) is 11.7 Å². The van der Waals surface area contributed by atoms with Gasteiger partial charge in [-0.1, -0.05) is 6.92 Å². The first kappa shape index (κ1) is 13.1. The first-order chi connectivity index (χ1) is 7.16. The van der Waals surface area contributed by atoms with E-state index in [0.29, 0.717) is 11.4 Å². The van der Waals surface area contributed by atoms with Crippen LogP contribution in [0.15, 0.2) is 18.2 Å². The molecule has 1 aromatic carbocycles. The zero-order chi connectivity index (χ0) is 10.8. The van der Waals surface area contributed by atoms with Gasteiger partial charge in [-0.15, -0.1) is 12.4 Å². The van der Waals surface area contributed by atoms with Gasteiger partial charge in [-0.25, -0.2) is 4.39 Å². The summed E-state index contributed by atoms with van der Waals surface area (Å²) in [4.78, 5) is 2.11. The molecule has 1 aromatic rings. The summed E-state index contributed by atoms with van der Waals surface area (Å²) in [5.41, 5.74) is 6.70. The molecule has 0 spiro atoms. The van der Waals surface area contributed by atoms with Gasteiger partial charge in [0, 0.05) is 18.8 Å². The largest absolute Gasteiger partial charge is 0.399 e. The van der Waals surface area contributed by atoms with Gasteiger partial charge in [-0.3, -0.25) is 0 Å². The minimum Gasteiger partial charge on any atom is -0.399 e. The average molecular weight is 245 g/mol. The van der Waals surface area contributed by atoms with Crippen LogP contribution in [0.25, 0.3) is 0 Å². The summed E-state index contributed by atoms with van der Waals surface area (Å²) in [6, 6.07) is 4.93. The highest BCUT2D eigenvalue weighted by molar-refractivity contribution is 5.85. The van der Waals surface area contributed by atoms with Crippen LogP contribution in [0.2, 0.25) is 0 Å². The Morgan fingerprint density at radius 1 is 1.31 bits per heavy atom. The summed E-state index contributed by atoms with van der Waals surface area (Å²) in [5, 5.41) is 0. The Kier molecular flexibility index (Phi) is 4.42. The van der Waals surface area contributed by atoms with Gasteiger partial charge < -0.3 is 10.6 Å². The molecule has 2 nitrogen and oxygen atoms in total. The summed E-state index contributed by atoms with van der Waals surface area (Å²) >= 11 is 0. The molecule has 1 aliphatic heterocycles. The van der Waals surface area contributed by atoms with Gasteiger partial charge in [0.05, 0.1) is 5.69 Å². The molecule has 1 saturated heterocycles. The van der Waals surface area contributed by atoms with E-state index in [1.54, 1.807) is 12.1 Å². The molecule has 4 heteroatoms. The SMILES string of the molecule is CC1CCN(c2ccc(N)cc2F)CC1.Cl. The minimum atomic E-state index is -0.204. The van der Waals surface area contributed by atoms with E-state index in [0.717, 1.165) is 31.8 Å². The fourth-order valence-electron chi connectivity index (χ4n) is 2.03. The average Bonchev–Trinajstić information content (AvgIpc) is 2.20. The third-order valence-corrected chi connectivity index (χ3v) is 3.10. The maximum atomic E-state index is 13.6. The smallest absolute Gasteiger partial charge is 0.148 e. The highest BCUT2D eigenvalue weighted by atomic mass is 35.5. The van der Waals surface area contributed by atoms with Crippen molar-refractivity contribution in [3.05, 3.63) is 24.0 Å². The van der Waals surface area contributed by atoms with Crippen molar-refractivity contribution >= 4 is 23.8 Å². The van der Waals surface area contributed by atoms with Gasteiger partial charge in [0.25, 0.3) is 0 Å². The topological polar surface area (TPSA) is 29.3 Å². The molecule has 1 aliphatic rings. The van der Waals surface area contributed by atoms with Crippen LogP contribution in [0.3, 0.4) is 0 Å². The van der Waals surface area contributed by atoms with E-state index in [1.165, 1.54) is 6.07 Å². The number of hydrogen-bond donors (Lipinski definition) is 1. The fourth-order valence-corrected chi connectivity index (χ4v) is 2.03. The van der Waals surface area contributed by atoms with Crippen LogP contribution in [-0.2, 0) is 0 Å². The summed E-state index contributed by atoms with van der Waals surface area (Å²) in [7, 11) is 0. The summed E-state index contributed by atoms with van der Waals surface area (Å²) < 4.78 is 13.6. The van der Waals surface area contributed by atoms with Crippen LogP contribution in [0.4, 0.5) is 15.8 Å². The Labute approximate surface area is 102 Å². The van der Waals surface area contributed by atoms with Gasteiger partial charge in [0.2, 0.25) is 0 Å². The normalized spacial score (nSPS) is 17.0. The predicted molar refractivity (Wildman–Crippen MR) is 68.7 cm³/mol. The lowest BCUT2D eigenvalue weighted by atomic mass is 9.99. The number of nitrogen functional groups attached to an aromatic ring is 1. The van der Waals surface area contributed by atoms with Crippen LogP contribution in [0.1, 0.15) is 19.8 Å². The van der Waals surface area contributed by atoms with Crippen LogP contribution < -0.4 is 10.6 Å². The molecule has 0 aliphatic carbocycles. The first-order valence-electron chi connectivity index (χ1n) is 5.47. The van der Waals surface area contributed by atoms with E-state index < -0.39 is 0 Å². The Morgan fingerprint density at radius 2 is 1.94 bits per heavy atom. The zero-order valence-corrected chi connectivity index (χ0v) is 10.3. The van der Waals surface area contributed by atoms with E-state index in [1.807, 2.05) is 0 Å². The van der Waals surface area contributed by atoms with Gasteiger partial charge in [-0.05, 0) is 37.0 Å². The van der Waals surface area contributed by atoms with Crippen LogP contribution in [0.5, 0.6) is 0 Å². The van der Waals surface area contributed by atoms with Gasteiger partial charge in [0.15, 0.2) is 0 Å². The Morgan fingerprint density at radius 3 is 2.50 bits per heavy atom. The molecule has 0 bridgehead atoms. The van der Waals surface area contributed by atoms with Crippen molar-refractivity contribution in [2.75, 3.05) is 23.7 Å². The van der Waals surface area contributed by atoms with E-state index >= 15 is 0 Å². The van der Waals surface area contributed by atoms with E-state index in [-0.39, 0.29) is 18.2 Å². The molecule has 16 heavy (non-hydrogen) atoms. The Bertz CT molecular complexity index is 349. The third-order valence-electron chi connectivity index (χ3n) is 3.10. The van der Waals surface area contributed by atoms with Gasteiger partial charge in [0.1, 0.15) is 5.82 Å². The fraction of sp³-hybridized carbons (Fsp3) is 0.500. The molecule has 1 fully saturated rings. The third kappa shape index (κ3) is 2.79. The van der Waals surface area contributed by atoms with Crippen molar-refractivity contribution in [1.29, 1.82) is 0 Å². The van der Waals surface area contributed by atoms with Crippen molar-refractivity contribution in [2.24, 2.45) is 5.92 Å². The van der Waals surface area contributed by atoms with Gasteiger partial charge in [-0.2, -0.15) is 0 Å². The molecular formula is C12H18ClFN2. The number of anilines is 2. The molecular weight excluding hydrogens is 227 g/mol. The molecule has 1 heterocycles. The molecule has 0 atom stereocenters. The number of hydrogen-bond acceptors (Lipinski definition) is 2. The molecule has 2 rings (SSSR count). The van der Waals surface area contributed by atoms with E-state index in [2.05, 4.69) is 11.8 Å². The number of rotatable bonds is 1. The lowest BCUT2D eigenvalue weighted by Crippen LogP contribution is -2.33. The van der Waals surface area contributed by atoms with Gasteiger partial charge >= 0.3 is 0 Å². The maximum Gasteiger partial charge on any atom is 0.148 e. The molecule has 0 saturated carbocycles. The molecule has 2 N–H and O–H groups in total. The molecule has 0 aromatic heterocycles. The lowest BCUT2D eigenvalue weighted by molar-refractivity contribution is 0.434. The predicted octanol–water partition coefficient (Wildman–Crippen LogP) is 3.07. The second kappa shape index (κ2) is 5.39. The molecule has 0 radical (unpaired) electrons. The van der Waals surface area contributed by atoms with E-state index in [9.17, 15) is 4.39 Å². The van der Waals surface area contributed by atoms with Crippen LogP contribution in [-0.4, -0.2) is 13.1 Å². The second-order valence-electron chi connectivity index (χ2n) is 4.38. The first-order valence-corrected chi connectivity index (χ1v) is 5.47. The lowest BCUT2D eigenvalue weighted by Gasteiger charge is -2.32. The summed E-state index contributed by atoms with van der Waals surface area (Å²) in [5.74, 6) is 0.558. The van der Waals surface area contributed by atoms with Crippen molar-refractivity contribution in [3.63, 3.8) is 0 Å². The number of nitrogens with two attached hydrogens (primary N) is 1. The second-order valence-corrected chi connectivity index (χ2v) is 4.38. The highest BCUT2D eigenvalue weighted by Gasteiger charge is 2.18. The highest BCUT2D eigenvalue weighted by Crippen LogP contribution is 2.26. The molecule has 0 amide bonds. The number of nitrogens with zero attached hydrogens (tertiary/aromatic N) is 1. The van der Waals surface area contributed by atoms with Crippen molar-refractivity contribution in [2.45, 2.75) is 19.8 Å². The Hall–Kier alpha value is -0.960. The van der Waals surface area contributed by atoms with Crippen molar-refractivity contribution in [3.8, 4) is 0 Å². The monoisotopic (exact) mass is 244 g/mol. The van der Waals surface area contributed by atoms with Crippen LogP contribution >= 0.6 is 12.4 Å². The summed E-state index contributed by atoms with van der Waals surface area (Å²) in [6.07, 6.45) is 2.29. The standard InChI is InChI=1S/C12H17FN2.ClH/c1-9-4-6-15(7-5-9)12-3-2-10(14)8-11(12)13;/h2-3,8-9H,4-7,14H2,1H3;1H. The van der Waals surface area contributed by atoms with Crippen molar-refractivity contribution < 1.29 is 4.39 Å². The van der Waals surface area contributed by atoms with Crippen molar-refractivity contribution in [1.82, 2.24) is 0 Å². The zero-order valence-electron chi connectivity index (χ0n) is 9.45. The maximum absolute atomic E-state index is 13.6. The minimum absolute atomic E-state index is 0. The number of piperidine rings is 1. The summed E-state index contributed by atoms with van der Waals surface area (Å²) in [6.45, 7) is 4.14. The number of halogens is 2. The molecule has 0 unspecified atom stereocenters. The molecule has 90 valence electrons. The quantitative estimate of drug-likeness (QED) is 0.770. The van der Waals surface area contributed by atoms with E-state index in [4.69, 9.17) is 5.73 Å². The Balaban J connectivity index is 0.00000128.